The number of nitrogens with one attached hydrogen (secondary N) is 5. The normalized spacial score (nSPS) is 20.0. The van der Waals surface area contributed by atoms with Crippen LogP contribution in [0.3, 0.4) is 0 Å². The van der Waals surface area contributed by atoms with Crippen LogP contribution in [-0.2, 0) is 11.2 Å². The second-order valence-corrected chi connectivity index (χ2v) is 6.13. The van der Waals surface area contributed by atoms with E-state index in [4.69, 9.17) is 0 Å². The number of fused-ring (bicyclic) bond motifs is 2. The number of anilines is 2. The lowest BCUT2D eigenvalue weighted by Crippen LogP contribution is -2.41. The number of hydrogen-bond acceptors (Lipinski definition) is 5. The van der Waals surface area contributed by atoms with Gasteiger partial charge in [-0.05, 0) is 18.2 Å². The molecule has 1 aromatic heterocycles. The van der Waals surface area contributed by atoms with Crippen LogP contribution < -0.4 is 21.3 Å². The number of benzene rings is 1. The number of carbonyl (C=O) groups excluding carboxylic acids is 2. The minimum absolute atomic E-state index is 0.0769. The third kappa shape index (κ3) is 3.06. The van der Waals surface area contributed by atoms with Crippen LogP contribution >= 0.6 is 0 Å². The van der Waals surface area contributed by atoms with Gasteiger partial charge in [0.05, 0.1) is 23.6 Å². The molecule has 1 aromatic carbocycles. The Morgan fingerprint density at radius 3 is 2.88 bits per heavy atom. The highest BCUT2D eigenvalue weighted by Gasteiger charge is 2.22. The first-order valence-electron chi connectivity index (χ1n) is 8.04. The molecule has 0 fully saturated rings. The van der Waals surface area contributed by atoms with Gasteiger partial charge in [-0.3, -0.25) is 14.7 Å². The van der Waals surface area contributed by atoms with Gasteiger partial charge in [0.1, 0.15) is 0 Å². The predicted octanol–water partition coefficient (Wildman–Crippen LogP) is 1.03. The van der Waals surface area contributed by atoms with Gasteiger partial charge in [0.25, 0.3) is 5.91 Å². The summed E-state index contributed by atoms with van der Waals surface area (Å²) in [5.41, 5.74) is 4.25. The standard InChI is InChI=1S/C17H18N6O2/c1-9(24)19-17-21-13-5-3-10(6-15(13)22-17)16(25)20-12-4-2-11-8-18-23-14(11)7-12/h2-6,8,12,17,21-22H,7H2,1H3,(H,18,23)(H,19,24)(H,20,25). The van der Waals surface area contributed by atoms with Crippen LogP contribution in [0.5, 0.6) is 0 Å². The number of H-pyrrole nitrogens is 1. The van der Waals surface area contributed by atoms with Gasteiger partial charge in [-0.25, -0.2) is 0 Å². The number of nitrogens with zero attached hydrogens (tertiary/aromatic N) is 1. The van der Waals surface area contributed by atoms with E-state index in [1.807, 2.05) is 18.2 Å². The van der Waals surface area contributed by atoms with Crippen molar-refractivity contribution in [2.45, 2.75) is 25.7 Å². The maximum Gasteiger partial charge on any atom is 0.251 e. The molecule has 4 rings (SSSR count). The van der Waals surface area contributed by atoms with Crippen LogP contribution in [0.25, 0.3) is 6.08 Å². The minimum Gasteiger partial charge on any atom is -0.347 e. The maximum atomic E-state index is 12.5. The van der Waals surface area contributed by atoms with Crippen molar-refractivity contribution in [3.63, 3.8) is 0 Å². The Kier molecular flexibility index (Phi) is 3.64. The molecule has 5 N–H and O–H groups in total. The molecular formula is C17H18N6O2. The van der Waals surface area contributed by atoms with E-state index in [2.05, 4.69) is 31.5 Å². The van der Waals surface area contributed by atoms with Crippen molar-refractivity contribution in [2.24, 2.45) is 0 Å². The molecular weight excluding hydrogens is 320 g/mol. The van der Waals surface area contributed by atoms with Crippen molar-refractivity contribution >= 4 is 29.3 Å². The number of aromatic nitrogens is 2. The van der Waals surface area contributed by atoms with Crippen LogP contribution in [0.4, 0.5) is 11.4 Å². The Hall–Kier alpha value is -3.29. The van der Waals surface area contributed by atoms with Crippen LogP contribution in [0, 0.1) is 0 Å². The Labute approximate surface area is 144 Å². The van der Waals surface area contributed by atoms with Crippen LogP contribution in [0.15, 0.2) is 30.5 Å². The third-order valence-corrected chi connectivity index (χ3v) is 4.23. The lowest BCUT2D eigenvalue weighted by molar-refractivity contribution is -0.119. The number of rotatable bonds is 3. The molecule has 128 valence electrons. The Bertz CT molecular complexity index is 872. The number of hydrogen-bond donors (Lipinski definition) is 5. The average molecular weight is 338 g/mol. The molecule has 0 saturated carbocycles. The van der Waals surface area contributed by atoms with E-state index < -0.39 is 0 Å². The van der Waals surface area contributed by atoms with Crippen LogP contribution in [0.1, 0.15) is 28.5 Å². The third-order valence-electron chi connectivity index (χ3n) is 4.23. The molecule has 0 saturated heterocycles. The molecule has 0 spiro atoms. The molecule has 2 heterocycles. The summed E-state index contributed by atoms with van der Waals surface area (Å²) in [6.45, 7) is 1.45. The molecule has 0 radical (unpaired) electrons. The van der Waals surface area contributed by atoms with E-state index in [0.29, 0.717) is 12.0 Å². The number of aromatic amines is 1. The smallest absolute Gasteiger partial charge is 0.251 e. The summed E-state index contributed by atoms with van der Waals surface area (Å²) in [4.78, 5) is 23.7. The van der Waals surface area contributed by atoms with Gasteiger partial charge < -0.3 is 21.3 Å². The van der Waals surface area contributed by atoms with Crippen LogP contribution in [0.2, 0.25) is 0 Å². The van der Waals surface area contributed by atoms with Gasteiger partial charge in [-0.2, -0.15) is 5.10 Å². The Morgan fingerprint density at radius 1 is 1.20 bits per heavy atom. The van der Waals surface area contributed by atoms with E-state index in [1.54, 1.807) is 18.3 Å². The van der Waals surface area contributed by atoms with Gasteiger partial charge in [0.15, 0.2) is 6.29 Å². The van der Waals surface area contributed by atoms with Crippen molar-refractivity contribution in [2.75, 3.05) is 10.6 Å². The molecule has 2 amide bonds. The van der Waals surface area contributed by atoms with Gasteiger partial charge in [0.2, 0.25) is 5.91 Å². The summed E-state index contributed by atoms with van der Waals surface area (Å²) in [5, 5.41) is 18.9. The SMILES string of the molecule is CC(=O)NC1Nc2ccc(C(=O)NC3C=Cc4cn[nH]c4C3)cc2N1. The van der Waals surface area contributed by atoms with E-state index in [0.717, 1.165) is 22.6 Å². The number of amides is 2. The average Bonchev–Trinajstić information content (AvgIpc) is 3.18. The van der Waals surface area contributed by atoms with Crippen molar-refractivity contribution < 1.29 is 9.59 Å². The van der Waals surface area contributed by atoms with E-state index in [1.165, 1.54) is 6.92 Å². The Balaban J connectivity index is 1.43. The molecule has 1 aliphatic heterocycles. The Morgan fingerprint density at radius 2 is 2.04 bits per heavy atom. The van der Waals surface area contributed by atoms with E-state index >= 15 is 0 Å². The summed E-state index contributed by atoms with van der Waals surface area (Å²) >= 11 is 0. The van der Waals surface area contributed by atoms with Gasteiger partial charge in [-0.15, -0.1) is 0 Å². The summed E-state index contributed by atoms with van der Waals surface area (Å²) in [7, 11) is 0. The summed E-state index contributed by atoms with van der Waals surface area (Å²) < 4.78 is 0. The first-order chi connectivity index (χ1) is 12.1. The molecule has 1 aliphatic carbocycles. The summed E-state index contributed by atoms with van der Waals surface area (Å²) in [6, 6.07) is 5.27. The van der Waals surface area contributed by atoms with Crippen molar-refractivity contribution in [1.29, 1.82) is 0 Å². The molecule has 8 heteroatoms. The number of carbonyl (C=O) groups is 2. The lowest BCUT2D eigenvalue weighted by atomic mass is 10.0. The van der Waals surface area contributed by atoms with E-state index in [-0.39, 0.29) is 24.1 Å². The summed E-state index contributed by atoms with van der Waals surface area (Å²) in [6.07, 6.45) is 6.02. The zero-order chi connectivity index (χ0) is 17.4. The van der Waals surface area contributed by atoms with Crippen molar-refractivity contribution in [1.82, 2.24) is 20.8 Å². The second kappa shape index (κ2) is 5.97. The topological polar surface area (TPSA) is 111 Å². The molecule has 25 heavy (non-hydrogen) atoms. The lowest BCUT2D eigenvalue weighted by Gasteiger charge is -2.18. The molecule has 8 nitrogen and oxygen atoms in total. The largest absolute Gasteiger partial charge is 0.347 e. The fourth-order valence-corrected chi connectivity index (χ4v) is 3.04. The van der Waals surface area contributed by atoms with Crippen LogP contribution in [-0.4, -0.2) is 34.3 Å². The fraction of sp³-hybridized carbons (Fsp3) is 0.235. The van der Waals surface area contributed by atoms with E-state index in [9.17, 15) is 9.59 Å². The molecule has 2 atom stereocenters. The highest BCUT2D eigenvalue weighted by Crippen LogP contribution is 2.29. The molecule has 2 aromatic rings. The molecule has 2 unspecified atom stereocenters. The minimum atomic E-state index is -0.370. The summed E-state index contributed by atoms with van der Waals surface area (Å²) in [5.74, 6) is -0.289. The zero-order valence-corrected chi connectivity index (χ0v) is 13.6. The zero-order valence-electron chi connectivity index (χ0n) is 13.6. The van der Waals surface area contributed by atoms with Gasteiger partial charge >= 0.3 is 0 Å². The first kappa shape index (κ1) is 15.3. The van der Waals surface area contributed by atoms with Crippen molar-refractivity contribution in [3.8, 4) is 0 Å². The predicted molar refractivity (Wildman–Crippen MR) is 93.9 cm³/mol. The van der Waals surface area contributed by atoms with Gasteiger partial charge in [0, 0.05) is 30.2 Å². The second-order valence-electron chi connectivity index (χ2n) is 6.13. The van der Waals surface area contributed by atoms with Gasteiger partial charge in [-0.1, -0.05) is 12.2 Å². The first-order valence-corrected chi connectivity index (χ1v) is 8.04. The highest BCUT2D eigenvalue weighted by molar-refractivity contribution is 5.97. The monoisotopic (exact) mass is 338 g/mol. The molecule has 2 aliphatic rings. The molecule has 0 bridgehead atoms. The quantitative estimate of drug-likeness (QED) is 0.574. The van der Waals surface area contributed by atoms with Crippen molar-refractivity contribution in [3.05, 3.63) is 47.3 Å². The maximum absolute atomic E-state index is 12.5. The highest BCUT2D eigenvalue weighted by atomic mass is 16.2. The fourth-order valence-electron chi connectivity index (χ4n) is 3.04.